The van der Waals surface area contributed by atoms with Gasteiger partial charge in [-0.05, 0) is 42.5 Å². The Kier molecular flexibility index (Phi) is 3.32. The zero-order valence-electron chi connectivity index (χ0n) is 9.33. The molecule has 0 radical (unpaired) electrons. The van der Waals surface area contributed by atoms with Gasteiger partial charge >= 0.3 is 5.97 Å². The van der Waals surface area contributed by atoms with Crippen molar-refractivity contribution in [1.29, 1.82) is 0 Å². The van der Waals surface area contributed by atoms with Gasteiger partial charge in [0.1, 0.15) is 0 Å². The number of rotatable bonds is 2. The SMILES string of the molecule is CCOC(=O)c1c(C)nc2c(F)c(I)ccn12. The first-order chi connectivity index (χ1) is 8.06. The molecule has 0 unspecified atom stereocenters. The van der Waals surface area contributed by atoms with Gasteiger partial charge in [0.05, 0.1) is 15.9 Å². The van der Waals surface area contributed by atoms with E-state index < -0.39 is 11.8 Å². The van der Waals surface area contributed by atoms with Gasteiger partial charge in [0, 0.05) is 6.20 Å². The van der Waals surface area contributed by atoms with Gasteiger partial charge in [0.25, 0.3) is 0 Å². The van der Waals surface area contributed by atoms with Crippen LogP contribution in [0.3, 0.4) is 0 Å². The summed E-state index contributed by atoms with van der Waals surface area (Å²) in [6, 6.07) is 1.59. The minimum Gasteiger partial charge on any atom is -0.461 e. The van der Waals surface area contributed by atoms with Crippen molar-refractivity contribution in [3.63, 3.8) is 0 Å². The summed E-state index contributed by atoms with van der Waals surface area (Å²) in [5.74, 6) is -0.912. The molecule has 0 N–H and O–H groups in total. The predicted molar refractivity (Wildman–Crippen MR) is 68.6 cm³/mol. The van der Waals surface area contributed by atoms with Crippen molar-refractivity contribution in [3.05, 3.63) is 33.0 Å². The van der Waals surface area contributed by atoms with E-state index in [1.165, 1.54) is 4.40 Å². The molecule has 0 aliphatic carbocycles. The smallest absolute Gasteiger partial charge is 0.357 e. The highest BCUT2D eigenvalue weighted by Gasteiger charge is 2.20. The summed E-state index contributed by atoms with van der Waals surface area (Å²) in [5.41, 5.74) is 0.888. The Bertz CT molecular complexity index is 595. The van der Waals surface area contributed by atoms with Crippen molar-refractivity contribution in [2.45, 2.75) is 13.8 Å². The molecule has 2 aromatic heterocycles. The van der Waals surface area contributed by atoms with Gasteiger partial charge in [0.2, 0.25) is 0 Å². The first-order valence-corrected chi connectivity index (χ1v) is 6.14. The van der Waals surface area contributed by atoms with E-state index in [2.05, 4.69) is 4.98 Å². The average molecular weight is 348 g/mol. The van der Waals surface area contributed by atoms with Crippen LogP contribution in [-0.2, 0) is 4.74 Å². The van der Waals surface area contributed by atoms with Crippen molar-refractivity contribution < 1.29 is 13.9 Å². The van der Waals surface area contributed by atoms with E-state index in [1.54, 1.807) is 26.1 Å². The number of carbonyl (C=O) groups is 1. The fraction of sp³-hybridized carbons (Fsp3) is 0.273. The average Bonchev–Trinajstić information content (AvgIpc) is 2.61. The number of carbonyl (C=O) groups excluding carboxylic acids is 1. The highest BCUT2D eigenvalue weighted by molar-refractivity contribution is 14.1. The number of fused-ring (bicyclic) bond motifs is 1. The molecule has 90 valence electrons. The van der Waals surface area contributed by atoms with Crippen molar-refractivity contribution in [1.82, 2.24) is 9.38 Å². The summed E-state index contributed by atoms with van der Waals surface area (Å²) in [6.45, 7) is 3.66. The lowest BCUT2D eigenvalue weighted by molar-refractivity contribution is 0.0517. The van der Waals surface area contributed by atoms with Crippen LogP contribution in [0.1, 0.15) is 23.1 Å². The summed E-state index contributed by atoms with van der Waals surface area (Å²) in [6.07, 6.45) is 1.62. The van der Waals surface area contributed by atoms with E-state index in [-0.39, 0.29) is 17.9 Å². The van der Waals surface area contributed by atoms with Crippen LogP contribution in [0.25, 0.3) is 5.65 Å². The van der Waals surface area contributed by atoms with Crippen molar-refractivity contribution in [2.75, 3.05) is 6.61 Å². The zero-order valence-corrected chi connectivity index (χ0v) is 11.5. The van der Waals surface area contributed by atoms with Crippen molar-refractivity contribution >= 4 is 34.2 Å². The largest absolute Gasteiger partial charge is 0.461 e. The second-order valence-electron chi connectivity index (χ2n) is 3.44. The molecule has 17 heavy (non-hydrogen) atoms. The standard InChI is InChI=1S/C11H10FIN2O2/c1-3-17-11(16)9-6(2)14-10-8(12)7(13)4-5-15(9)10/h4-5H,3H2,1-2H3. The second-order valence-corrected chi connectivity index (χ2v) is 4.60. The van der Waals surface area contributed by atoms with Crippen molar-refractivity contribution in [2.24, 2.45) is 0 Å². The highest BCUT2D eigenvalue weighted by atomic mass is 127. The Morgan fingerprint density at radius 3 is 3.00 bits per heavy atom. The number of pyridine rings is 1. The molecule has 0 aromatic carbocycles. The van der Waals surface area contributed by atoms with E-state index in [0.29, 0.717) is 9.26 Å². The molecule has 0 spiro atoms. The van der Waals surface area contributed by atoms with Crippen LogP contribution in [0.15, 0.2) is 12.3 Å². The lowest BCUT2D eigenvalue weighted by atomic mass is 10.3. The fourth-order valence-electron chi connectivity index (χ4n) is 1.61. The molecule has 0 aliphatic rings. The summed E-state index contributed by atoms with van der Waals surface area (Å²) >= 11 is 1.88. The Hall–Kier alpha value is -1.18. The highest BCUT2D eigenvalue weighted by Crippen LogP contribution is 2.19. The van der Waals surface area contributed by atoms with E-state index in [4.69, 9.17) is 4.74 Å². The molecule has 0 aliphatic heterocycles. The third-order valence-corrected chi connectivity index (χ3v) is 3.16. The zero-order chi connectivity index (χ0) is 12.6. The van der Waals surface area contributed by atoms with Crippen LogP contribution < -0.4 is 0 Å². The number of ether oxygens (including phenoxy) is 1. The van der Waals surface area contributed by atoms with E-state index in [1.807, 2.05) is 22.6 Å². The molecule has 2 heterocycles. The van der Waals surface area contributed by atoms with E-state index in [0.717, 1.165) is 0 Å². The van der Waals surface area contributed by atoms with E-state index in [9.17, 15) is 9.18 Å². The maximum atomic E-state index is 13.8. The lowest BCUT2D eigenvalue weighted by Crippen LogP contribution is -2.09. The second kappa shape index (κ2) is 4.59. The first-order valence-electron chi connectivity index (χ1n) is 5.06. The molecule has 0 fully saturated rings. The molecule has 4 nitrogen and oxygen atoms in total. The molecule has 2 rings (SSSR count). The van der Waals surface area contributed by atoms with Crippen LogP contribution in [0.2, 0.25) is 0 Å². The van der Waals surface area contributed by atoms with Gasteiger partial charge in [-0.15, -0.1) is 0 Å². The number of esters is 1. The van der Waals surface area contributed by atoms with Crippen LogP contribution in [0.4, 0.5) is 4.39 Å². The number of hydrogen-bond donors (Lipinski definition) is 0. The maximum Gasteiger partial charge on any atom is 0.357 e. The molecule has 0 bridgehead atoms. The van der Waals surface area contributed by atoms with Gasteiger partial charge in [-0.25, -0.2) is 14.2 Å². The Morgan fingerprint density at radius 1 is 1.65 bits per heavy atom. The van der Waals surface area contributed by atoms with Crippen molar-refractivity contribution in [3.8, 4) is 0 Å². The Balaban J connectivity index is 2.69. The maximum absolute atomic E-state index is 13.8. The van der Waals surface area contributed by atoms with Gasteiger partial charge in [0.15, 0.2) is 17.2 Å². The Labute approximate surface area is 111 Å². The van der Waals surface area contributed by atoms with Crippen LogP contribution in [0, 0.1) is 16.3 Å². The summed E-state index contributed by atoms with van der Waals surface area (Å²) < 4.78 is 20.6. The number of halogens is 2. The predicted octanol–water partition coefficient (Wildman–Crippen LogP) is 2.56. The molecule has 0 saturated heterocycles. The van der Waals surface area contributed by atoms with Crippen LogP contribution in [-0.4, -0.2) is 22.0 Å². The first kappa shape index (κ1) is 12.3. The third-order valence-electron chi connectivity index (χ3n) is 2.33. The molecule has 0 atom stereocenters. The quantitative estimate of drug-likeness (QED) is 0.619. The third kappa shape index (κ3) is 2.01. The fourth-order valence-corrected chi connectivity index (χ4v) is 2.01. The van der Waals surface area contributed by atoms with Crippen LogP contribution in [0.5, 0.6) is 0 Å². The summed E-state index contributed by atoms with van der Waals surface area (Å²) in [7, 11) is 0. The number of imidazole rings is 1. The molecule has 0 amide bonds. The van der Waals surface area contributed by atoms with Gasteiger partial charge in [-0.2, -0.15) is 0 Å². The monoisotopic (exact) mass is 348 g/mol. The minimum atomic E-state index is -0.488. The number of nitrogens with zero attached hydrogens (tertiary/aromatic N) is 2. The molecule has 6 heteroatoms. The lowest BCUT2D eigenvalue weighted by Gasteiger charge is -2.03. The van der Waals surface area contributed by atoms with E-state index >= 15 is 0 Å². The Morgan fingerprint density at radius 2 is 2.35 bits per heavy atom. The number of hydrogen-bond acceptors (Lipinski definition) is 3. The molecular weight excluding hydrogens is 338 g/mol. The number of aryl methyl sites for hydroxylation is 1. The molecule has 0 saturated carbocycles. The summed E-state index contributed by atoms with van der Waals surface area (Å²) in [4.78, 5) is 15.8. The van der Waals surface area contributed by atoms with Gasteiger partial charge in [-0.1, -0.05) is 0 Å². The molecular formula is C11H10FIN2O2. The minimum absolute atomic E-state index is 0.150. The summed E-state index contributed by atoms with van der Waals surface area (Å²) in [5, 5.41) is 0. The topological polar surface area (TPSA) is 43.6 Å². The molecule has 2 aromatic rings. The van der Waals surface area contributed by atoms with Gasteiger partial charge in [-0.3, -0.25) is 4.40 Å². The number of aromatic nitrogens is 2. The van der Waals surface area contributed by atoms with Crippen LogP contribution >= 0.6 is 22.6 Å². The van der Waals surface area contributed by atoms with Gasteiger partial charge < -0.3 is 4.74 Å². The normalized spacial score (nSPS) is 10.8.